The Bertz CT molecular complexity index is 892. The van der Waals surface area contributed by atoms with Crippen molar-refractivity contribution >= 4 is 11.0 Å². The van der Waals surface area contributed by atoms with E-state index < -0.39 is 0 Å². The molecule has 0 aliphatic heterocycles. The number of aliphatic hydroxyl groups is 1. The third-order valence-electron chi connectivity index (χ3n) is 4.89. The van der Waals surface area contributed by atoms with E-state index in [4.69, 9.17) is 0 Å². The molecule has 7 nitrogen and oxygen atoms in total. The van der Waals surface area contributed by atoms with Gasteiger partial charge in [0.25, 0.3) is 0 Å². The minimum absolute atomic E-state index is 0.0788. The fourth-order valence-electron chi connectivity index (χ4n) is 3.70. The van der Waals surface area contributed by atoms with Crippen molar-refractivity contribution in [1.82, 2.24) is 24.7 Å². The second-order valence-corrected chi connectivity index (χ2v) is 6.26. The van der Waals surface area contributed by atoms with E-state index in [0.29, 0.717) is 6.42 Å². The highest BCUT2D eigenvalue weighted by Gasteiger charge is 2.34. The van der Waals surface area contributed by atoms with Crippen molar-refractivity contribution in [2.24, 2.45) is 5.92 Å². The normalized spacial score (nSPS) is 21.8. The van der Waals surface area contributed by atoms with Gasteiger partial charge >= 0.3 is 0 Å². The maximum atomic E-state index is 10.2. The number of H-pyrrole nitrogens is 1. The summed E-state index contributed by atoms with van der Waals surface area (Å²) < 4.78 is 1.82. The van der Waals surface area contributed by atoms with E-state index in [0.717, 1.165) is 41.6 Å². The van der Waals surface area contributed by atoms with Gasteiger partial charge in [0.15, 0.2) is 0 Å². The number of nitrogens with one attached hydrogen (secondary N) is 1. The topological polar surface area (TPSA) is 103 Å². The second-order valence-electron chi connectivity index (χ2n) is 6.26. The van der Waals surface area contributed by atoms with E-state index in [1.807, 2.05) is 23.1 Å². The first-order valence-corrected chi connectivity index (χ1v) is 8.15. The molecule has 122 valence electrons. The van der Waals surface area contributed by atoms with Gasteiger partial charge in [0.05, 0.1) is 36.5 Å². The average molecular weight is 322 g/mol. The lowest BCUT2D eigenvalue weighted by atomic mass is 9.94. The van der Waals surface area contributed by atoms with Gasteiger partial charge in [-0.15, -0.1) is 0 Å². The van der Waals surface area contributed by atoms with Gasteiger partial charge in [-0.25, -0.2) is 9.97 Å². The summed E-state index contributed by atoms with van der Waals surface area (Å²) in [6.45, 7) is 0. The summed E-state index contributed by atoms with van der Waals surface area (Å²) in [4.78, 5) is 11.7. The Balaban J connectivity index is 1.70. The largest absolute Gasteiger partial charge is 0.393 e. The lowest BCUT2D eigenvalue weighted by Gasteiger charge is -2.24. The van der Waals surface area contributed by atoms with Crippen LogP contribution in [0, 0.1) is 17.2 Å². The van der Waals surface area contributed by atoms with Crippen molar-refractivity contribution in [3.05, 3.63) is 31.0 Å². The number of aromatic nitrogens is 5. The summed E-state index contributed by atoms with van der Waals surface area (Å²) in [5.74, 6) is 0.0788. The Kier molecular flexibility index (Phi) is 3.75. The molecular formula is C17H18N6O. The molecule has 0 aromatic carbocycles. The first-order valence-electron chi connectivity index (χ1n) is 8.15. The summed E-state index contributed by atoms with van der Waals surface area (Å²) in [5, 5.41) is 24.8. The number of aliphatic hydroxyl groups excluding tert-OH is 1. The van der Waals surface area contributed by atoms with Crippen LogP contribution in [0.3, 0.4) is 0 Å². The zero-order valence-electron chi connectivity index (χ0n) is 13.1. The third-order valence-corrected chi connectivity index (χ3v) is 4.89. The highest BCUT2D eigenvalue weighted by atomic mass is 16.3. The Labute approximate surface area is 139 Å². The third kappa shape index (κ3) is 2.45. The number of nitriles is 1. The second kappa shape index (κ2) is 6.06. The van der Waals surface area contributed by atoms with E-state index in [9.17, 15) is 10.4 Å². The molecule has 1 fully saturated rings. The maximum absolute atomic E-state index is 10.2. The van der Waals surface area contributed by atoms with Crippen LogP contribution in [0.2, 0.25) is 0 Å². The van der Waals surface area contributed by atoms with Gasteiger partial charge in [-0.3, -0.25) is 4.68 Å². The Morgan fingerprint density at radius 2 is 2.33 bits per heavy atom. The molecule has 7 heteroatoms. The van der Waals surface area contributed by atoms with Crippen LogP contribution in [0.15, 0.2) is 31.0 Å². The predicted octanol–water partition coefficient (Wildman–Crippen LogP) is 2.44. The molecule has 0 spiro atoms. The minimum atomic E-state index is -0.355. The molecule has 0 saturated heterocycles. The zero-order chi connectivity index (χ0) is 16.5. The van der Waals surface area contributed by atoms with Gasteiger partial charge in [0.1, 0.15) is 12.0 Å². The van der Waals surface area contributed by atoms with Crippen LogP contribution in [-0.4, -0.2) is 35.9 Å². The van der Waals surface area contributed by atoms with E-state index in [1.54, 1.807) is 6.20 Å². The summed E-state index contributed by atoms with van der Waals surface area (Å²) in [7, 11) is 0. The molecule has 4 rings (SSSR count). The molecule has 3 heterocycles. The predicted molar refractivity (Wildman–Crippen MR) is 87.7 cm³/mol. The van der Waals surface area contributed by atoms with Crippen molar-refractivity contribution in [3.63, 3.8) is 0 Å². The fourth-order valence-corrected chi connectivity index (χ4v) is 3.70. The molecule has 24 heavy (non-hydrogen) atoms. The fraction of sp³-hybridized carbons (Fsp3) is 0.412. The highest BCUT2D eigenvalue weighted by molar-refractivity contribution is 5.89. The lowest BCUT2D eigenvalue weighted by molar-refractivity contribution is 0.0977. The molecule has 1 saturated carbocycles. The van der Waals surface area contributed by atoms with Gasteiger partial charge in [0, 0.05) is 29.3 Å². The SMILES string of the molecule is N#CC[C@H]([C@@H]1CCC[C@@H]1O)n1cc(-c2ncnc3[nH]ccc23)cn1. The van der Waals surface area contributed by atoms with Gasteiger partial charge in [-0.1, -0.05) is 6.42 Å². The van der Waals surface area contributed by atoms with Gasteiger partial charge in [-0.2, -0.15) is 10.4 Å². The smallest absolute Gasteiger partial charge is 0.141 e. The van der Waals surface area contributed by atoms with Crippen LogP contribution in [0.5, 0.6) is 0 Å². The minimum Gasteiger partial charge on any atom is -0.393 e. The zero-order valence-corrected chi connectivity index (χ0v) is 13.1. The van der Waals surface area contributed by atoms with E-state index in [-0.39, 0.29) is 18.1 Å². The molecule has 3 aromatic heterocycles. The summed E-state index contributed by atoms with van der Waals surface area (Å²) in [6, 6.07) is 4.07. The average Bonchev–Trinajstić information content (AvgIpc) is 3.32. The van der Waals surface area contributed by atoms with Crippen LogP contribution in [-0.2, 0) is 0 Å². The van der Waals surface area contributed by atoms with Crippen molar-refractivity contribution in [1.29, 1.82) is 5.26 Å². The van der Waals surface area contributed by atoms with Crippen LogP contribution in [0.4, 0.5) is 0 Å². The molecular weight excluding hydrogens is 304 g/mol. The number of rotatable bonds is 4. The van der Waals surface area contributed by atoms with Crippen molar-refractivity contribution in [3.8, 4) is 17.3 Å². The lowest BCUT2D eigenvalue weighted by Crippen LogP contribution is -2.26. The summed E-state index contributed by atoms with van der Waals surface area (Å²) in [5.41, 5.74) is 2.49. The molecule has 0 radical (unpaired) electrons. The Morgan fingerprint density at radius 1 is 1.42 bits per heavy atom. The highest BCUT2D eigenvalue weighted by Crippen LogP contribution is 2.37. The molecule has 1 aliphatic rings. The molecule has 3 atom stereocenters. The molecule has 0 amide bonds. The van der Waals surface area contributed by atoms with E-state index >= 15 is 0 Å². The maximum Gasteiger partial charge on any atom is 0.141 e. The Morgan fingerprint density at radius 3 is 3.12 bits per heavy atom. The van der Waals surface area contributed by atoms with Crippen LogP contribution >= 0.6 is 0 Å². The van der Waals surface area contributed by atoms with Crippen molar-refractivity contribution in [2.45, 2.75) is 37.8 Å². The van der Waals surface area contributed by atoms with E-state index in [1.165, 1.54) is 6.33 Å². The monoisotopic (exact) mass is 322 g/mol. The summed E-state index contributed by atoms with van der Waals surface area (Å²) in [6.07, 6.45) is 9.76. The first-order chi connectivity index (χ1) is 11.8. The number of fused-ring (bicyclic) bond motifs is 1. The molecule has 1 aliphatic carbocycles. The molecule has 0 unspecified atom stereocenters. The number of hydrogen-bond donors (Lipinski definition) is 2. The first kappa shape index (κ1) is 14.8. The Hall–Kier alpha value is -2.72. The quantitative estimate of drug-likeness (QED) is 0.768. The van der Waals surface area contributed by atoms with Crippen LogP contribution in [0.1, 0.15) is 31.7 Å². The standard InChI is InChI=1S/C17H18N6O/c18-6-4-14(12-2-1-3-15(12)24)23-9-11(8-22-23)16-13-5-7-19-17(13)21-10-20-16/h5,7-10,12,14-15,24H,1-4H2,(H,19,20,21)/t12-,14+,15-/m0/s1. The number of nitrogens with zero attached hydrogens (tertiary/aromatic N) is 5. The number of hydrogen-bond acceptors (Lipinski definition) is 5. The molecule has 3 aromatic rings. The summed E-state index contributed by atoms with van der Waals surface area (Å²) >= 11 is 0. The number of aromatic amines is 1. The van der Waals surface area contributed by atoms with Gasteiger partial charge < -0.3 is 10.1 Å². The molecule has 2 N–H and O–H groups in total. The van der Waals surface area contributed by atoms with Crippen molar-refractivity contribution in [2.75, 3.05) is 0 Å². The van der Waals surface area contributed by atoms with Gasteiger partial charge in [-0.05, 0) is 18.9 Å². The van der Waals surface area contributed by atoms with Crippen molar-refractivity contribution < 1.29 is 5.11 Å². The van der Waals surface area contributed by atoms with Crippen LogP contribution < -0.4 is 0 Å². The van der Waals surface area contributed by atoms with Gasteiger partial charge in [0.2, 0.25) is 0 Å². The van der Waals surface area contributed by atoms with E-state index in [2.05, 4.69) is 26.1 Å². The van der Waals surface area contributed by atoms with Crippen LogP contribution in [0.25, 0.3) is 22.3 Å². The molecule has 0 bridgehead atoms.